The predicted octanol–water partition coefficient (Wildman–Crippen LogP) is 3.68. The molecular formula is C21H19F3N4O4S. The number of anilines is 1. The lowest BCUT2D eigenvalue weighted by Gasteiger charge is -2.13. The molecule has 0 radical (unpaired) electrons. The molecule has 0 unspecified atom stereocenters. The second-order valence-corrected chi connectivity index (χ2v) is 9.07. The van der Waals surface area contributed by atoms with Crippen LogP contribution in [0.3, 0.4) is 0 Å². The average Bonchev–Trinajstić information content (AvgIpc) is 3.50. The Hall–Kier alpha value is -3.38. The van der Waals surface area contributed by atoms with E-state index >= 15 is 0 Å². The van der Waals surface area contributed by atoms with Crippen molar-refractivity contribution in [3.05, 3.63) is 65.5 Å². The standard InChI is InChI=1S/C21H19F3N4O4S/c1-32-17-8-7-14(10-18(17)33(25,30)31)27-20(29)16-11-26-28(19(16)12-5-6-12)15-4-2-3-13(9-15)21(22,23)24/h2-4,7-12H,5-6H2,1H3,(H,27,29)(H2,25,30,31). The third-order valence-corrected chi connectivity index (χ3v) is 6.09. The molecule has 4 rings (SSSR count). The van der Waals surface area contributed by atoms with Crippen LogP contribution in [0.15, 0.2) is 53.6 Å². The highest BCUT2D eigenvalue weighted by Crippen LogP contribution is 2.43. The minimum absolute atomic E-state index is 0.0199. The third-order valence-electron chi connectivity index (χ3n) is 5.16. The Morgan fingerprint density at radius 1 is 1.21 bits per heavy atom. The lowest BCUT2D eigenvalue weighted by Crippen LogP contribution is -2.17. The van der Waals surface area contributed by atoms with E-state index in [2.05, 4.69) is 10.4 Å². The maximum Gasteiger partial charge on any atom is 0.416 e. The zero-order valence-corrected chi connectivity index (χ0v) is 18.1. The van der Waals surface area contributed by atoms with E-state index in [9.17, 15) is 26.4 Å². The van der Waals surface area contributed by atoms with Crippen LogP contribution in [0.25, 0.3) is 5.69 Å². The number of hydrogen-bond acceptors (Lipinski definition) is 5. The molecule has 0 atom stereocenters. The number of alkyl halides is 3. The van der Waals surface area contributed by atoms with Gasteiger partial charge in [0.2, 0.25) is 10.0 Å². The van der Waals surface area contributed by atoms with Crippen LogP contribution in [-0.2, 0) is 16.2 Å². The first-order valence-electron chi connectivity index (χ1n) is 9.77. The van der Waals surface area contributed by atoms with E-state index in [1.54, 1.807) is 0 Å². The summed E-state index contributed by atoms with van der Waals surface area (Å²) in [5, 5.41) is 12.0. The van der Waals surface area contributed by atoms with E-state index in [0.29, 0.717) is 5.69 Å². The second-order valence-electron chi connectivity index (χ2n) is 7.54. The summed E-state index contributed by atoms with van der Waals surface area (Å²) in [6, 6.07) is 8.66. The van der Waals surface area contributed by atoms with Gasteiger partial charge in [0.15, 0.2) is 0 Å². The molecule has 0 aliphatic heterocycles. The van der Waals surface area contributed by atoms with Gasteiger partial charge >= 0.3 is 6.18 Å². The number of hydrogen-bond donors (Lipinski definition) is 2. The van der Waals surface area contributed by atoms with Gasteiger partial charge < -0.3 is 10.1 Å². The largest absolute Gasteiger partial charge is 0.495 e. The molecular weight excluding hydrogens is 461 g/mol. The van der Waals surface area contributed by atoms with Crippen molar-refractivity contribution in [1.29, 1.82) is 0 Å². The molecule has 1 fully saturated rings. The van der Waals surface area contributed by atoms with Crippen molar-refractivity contribution >= 4 is 21.6 Å². The number of ether oxygens (including phenoxy) is 1. The number of amides is 1. The van der Waals surface area contributed by atoms with Crippen molar-refractivity contribution in [2.24, 2.45) is 5.14 Å². The summed E-state index contributed by atoms with van der Waals surface area (Å²) in [7, 11) is -2.83. The fourth-order valence-corrected chi connectivity index (χ4v) is 4.20. The molecule has 1 heterocycles. The normalized spacial score (nSPS) is 14.2. The monoisotopic (exact) mass is 480 g/mol. The number of methoxy groups -OCH3 is 1. The van der Waals surface area contributed by atoms with Crippen molar-refractivity contribution in [3.63, 3.8) is 0 Å². The van der Waals surface area contributed by atoms with Crippen LogP contribution in [-0.4, -0.2) is 31.2 Å². The zero-order valence-electron chi connectivity index (χ0n) is 17.3. The highest BCUT2D eigenvalue weighted by molar-refractivity contribution is 7.89. The molecule has 1 aliphatic carbocycles. The van der Waals surface area contributed by atoms with Crippen LogP contribution >= 0.6 is 0 Å². The first kappa shape index (κ1) is 22.8. The summed E-state index contributed by atoms with van der Waals surface area (Å²) in [5.41, 5.74) is 0.192. The van der Waals surface area contributed by atoms with E-state index in [4.69, 9.17) is 9.88 Å². The maximum absolute atomic E-state index is 13.1. The molecule has 33 heavy (non-hydrogen) atoms. The van der Waals surface area contributed by atoms with Crippen LogP contribution in [0.5, 0.6) is 5.75 Å². The summed E-state index contributed by atoms with van der Waals surface area (Å²) in [4.78, 5) is 12.7. The Labute approximate surface area is 187 Å². The Morgan fingerprint density at radius 2 is 1.94 bits per heavy atom. The van der Waals surface area contributed by atoms with E-state index in [0.717, 1.165) is 25.0 Å². The van der Waals surface area contributed by atoms with Gasteiger partial charge in [0.05, 0.1) is 35.8 Å². The molecule has 1 saturated carbocycles. The lowest BCUT2D eigenvalue weighted by atomic mass is 10.1. The topological polar surface area (TPSA) is 116 Å². The van der Waals surface area contributed by atoms with Crippen molar-refractivity contribution in [1.82, 2.24) is 9.78 Å². The van der Waals surface area contributed by atoms with Crippen molar-refractivity contribution in [2.75, 3.05) is 12.4 Å². The van der Waals surface area contributed by atoms with E-state index in [-0.39, 0.29) is 33.5 Å². The van der Waals surface area contributed by atoms with Gasteiger partial charge in [0.25, 0.3) is 5.91 Å². The molecule has 0 spiro atoms. The van der Waals surface area contributed by atoms with E-state index in [1.807, 2.05) is 0 Å². The number of nitrogens with two attached hydrogens (primary N) is 1. The number of aromatic nitrogens is 2. The van der Waals surface area contributed by atoms with Crippen molar-refractivity contribution in [3.8, 4) is 11.4 Å². The molecule has 3 N–H and O–H groups in total. The molecule has 0 saturated heterocycles. The highest BCUT2D eigenvalue weighted by Gasteiger charge is 2.34. The van der Waals surface area contributed by atoms with Crippen LogP contribution in [0.4, 0.5) is 18.9 Å². The summed E-state index contributed by atoms with van der Waals surface area (Å²) in [5.74, 6) is -0.592. The van der Waals surface area contributed by atoms with Crippen LogP contribution in [0.2, 0.25) is 0 Å². The fraction of sp³-hybridized carbons (Fsp3) is 0.238. The maximum atomic E-state index is 13.1. The summed E-state index contributed by atoms with van der Waals surface area (Å²) in [6.45, 7) is 0. The Morgan fingerprint density at radius 3 is 2.55 bits per heavy atom. The molecule has 1 aromatic heterocycles. The zero-order chi connectivity index (χ0) is 24.0. The number of nitrogens with zero attached hydrogens (tertiary/aromatic N) is 2. The average molecular weight is 480 g/mol. The first-order chi connectivity index (χ1) is 15.5. The van der Waals surface area contributed by atoms with Crippen LogP contribution in [0, 0.1) is 0 Å². The van der Waals surface area contributed by atoms with Crippen LogP contribution < -0.4 is 15.2 Å². The number of primary sulfonamides is 1. The smallest absolute Gasteiger partial charge is 0.416 e. The SMILES string of the molecule is COc1ccc(NC(=O)c2cnn(-c3cccc(C(F)(F)F)c3)c2C2CC2)cc1S(N)(=O)=O. The molecule has 2 aromatic carbocycles. The molecule has 12 heteroatoms. The summed E-state index contributed by atoms with van der Waals surface area (Å²) in [6.07, 6.45) is -1.70. The number of nitrogens with one attached hydrogen (secondary N) is 1. The highest BCUT2D eigenvalue weighted by atomic mass is 32.2. The predicted molar refractivity (Wildman–Crippen MR) is 113 cm³/mol. The minimum atomic E-state index is -4.52. The number of rotatable bonds is 6. The molecule has 0 bridgehead atoms. The van der Waals surface area contributed by atoms with Gasteiger partial charge in [-0.2, -0.15) is 18.3 Å². The Bertz CT molecular complexity index is 1330. The number of carbonyl (C=O) groups is 1. The number of sulfonamides is 1. The van der Waals surface area contributed by atoms with E-state index < -0.39 is 27.7 Å². The quantitative estimate of drug-likeness (QED) is 0.558. The van der Waals surface area contributed by atoms with Gasteiger partial charge in [-0.3, -0.25) is 4.79 Å². The molecule has 1 amide bonds. The Kier molecular flexibility index (Phi) is 5.66. The minimum Gasteiger partial charge on any atom is -0.495 e. The van der Waals surface area contributed by atoms with Gasteiger partial charge in [-0.25, -0.2) is 18.2 Å². The third kappa shape index (κ3) is 4.71. The summed E-state index contributed by atoms with van der Waals surface area (Å²) >= 11 is 0. The Balaban J connectivity index is 1.69. The van der Waals surface area contributed by atoms with Gasteiger partial charge in [-0.15, -0.1) is 0 Å². The molecule has 174 valence electrons. The molecule has 1 aliphatic rings. The number of carbonyl (C=O) groups excluding carboxylic acids is 1. The fourth-order valence-electron chi connectivity index (χ4n) is 3.48. The number of benzene rings is 2. The number of halogens is 3. The molecule has 3 aromatic rings. The van der Waals surface area contributed by atoms with Gasteiger partial charge in [0, 0.05) is 11.6 Å². The second kappa shape index (κ2) is 8.19. The van der Waals surface area contributed by atoms with Crippen LogP contribution in [0.1, 0.15) is 40.4 Å². The van der Waals surface area contributed by atoms with E-state index in [1.165, 1.54) is 48.3 Å². The first-order valence-corrected chi connectivity index (χ1v) is 11.3. The van der Waals surface area contributed by atoms with Gasteiger partial charge in [-0.1, -0.05) is 6.07 Å². The van der Waals surface area contributed by atoms with Gasteiger partial charge in [-0.05, 0) is 49.2 Å². The van der Waals surface area contributed by atoms with Crippen molar-refractivity contribution < 1.29 is 31.1 Å². The van der Waals surface area contributed by atoms with Gasteiger partial charge in [0.1, 0.15) is 10.6 Å². The summed E-state index contributed by atoms with van der Waals surface area (Å²) < 4.78 is 69.4. The lowest BCUT2D eigenvalue weighted by molar-refractivity contribution is -0.137. The molecule has 8 nitrogen and oxygen atoms in total. The van der Waals surface area contributed by atoms with Crippen molar-refractivity contribution in [2.45, 2.75) is 29.8 Å².